The number of rotatable bonds is 9. The lowest BCUT2D eigenvalue weighted by atomic mass is 9.94. The van der Waals surface area contributed by atoms with Crippen molar-refractivity contribution >= 4 is 33.1 Å². The molecule has 0 aliphatic rings. The van der Waals surface area contributed by atoms with Gasteiger partial charge in [0.1, 0.15) is 0 Å². The van der Waals surface area contributed by atoms with Gasteiger partial charge in [0.2, 0.25) is 0 Å². The van der Waals surface area contributed by atoms with Crippen LogP contribution in [0.2, 0.25) is 5.02 Å². The highest BCUT2D eigenvalue weighted by molar-refractivity contribution is 6.31. The Labute approximate surface area is 167 Å². The van der Waals surface area contributed by atoms with Crippen molar-refractivity contribution in [2.45, 2.75) is 45.6 Å². The van der Waals surface area contributed by atoms with Crippen LogP contribution in [0.15, 0.2) is 48.5 Å². The Bertz CT molecular complexity index is 884. The third kappa shape index (κ3) is 4.82. The summed E-state index contributed by atoms with van der Waals surface area (Å²) in [6, 6.07) is 16.5. The smallest absolute Gasteiger partial charge is 0.0923 e. The molecule has 2 nitrogen and oxygen atoms in total. The van der Waals surface area contributed by atoms with Crippen LogP contribution in [0, 0.1) is 0 Å². The zero-order valence-corrected chi connectivity index (χ0v) is 17.2. The van der Waals surface area contributed by atoms with Gasteiger partial charge >= 0.3 is 0 Å². The summed E-state index contributed by atoms with van der Waals surface area (Å²) in [5.41, 5.74) is 0.998. The summed E-state index contributed by atoms with van der Waals surface area (Å²) in [4.78, 5) is 2.41. The van der Waals surface area contributed by atoms with E-state index in [1.54, 1.807) is 0 Å². The first kappa shape index (κ1) is 20.1. The van der Waals surface area contributed by atoms with Gasteiger partial charge < -0.3 is 10.0 Å². The predicted octanol–water partition coefficient (Wildman–Crippen LogP) is 6.58. The Morgan fingerprint density at radius 1 is 0.889 bits per heavy atom. The summed E-state index contributed by atoms with van der Waals surface area (Å²) in [5, 5.41) is 16.4. The fraction of sp³-hybridized carbons (Fsp3) is 0.417. The Morgan fingerprint density at radius 3 is 2.22 bits per heavy atom. The van der Waals surface area contributed by atoms with Gasteiger partial charge in [-0.2, -0.15) is 0 Å². The molecule has 0 spiro atoms. The second kappa shape index (κ2) is 9.54. The van der Waals surface area contributed by atoms with Crippen molar-refractivity contribution in [1.82, 2.24) is 4.90 Å². The van der Waals surface area contributed by atoms with E-state index in [2.05, 4.69) is 49.1 Å². The summed E-state index contributed by atoms with van der Waals surface area (Å²) in [7, 11) is 0. The lowest BCUT2D eigenvalue weighted by molar-refractivity contribution is 0.112. The van der Waals surface area contributed by atoms with E-state index in [9.17, 15) is 5.11 Å². The zero-order chi connectivity index (χ0) is 19.2. The van der Waals surface area contributed by atoms with Gasteiger partial charge in [0.15, 0.2) is 0 Å². The molecule has 144 valence electrons. The number of unbranched alkanes of at least 4 members (excludes halogenated alkanes) is 2. The average molecular weight is 384 g/mol. The lowest BCUT2D eigenvalue weighted by Crippen LogP contribution is -2.30. The molecule has 0 amide bonds. The summed E-state index contributed by atoms with van der Waals surface area (Å²) < 4.78 is 0. The molecule has 0 bridgehead atoms. The minimum atomic E-state index is -0.507. The molecule has 3 aromatic carbocycles. The van der Waals surface area contributed by atoms with E-state index < -0.39 is 6.10 Å². The van der Waals surface area contributed by atoms with Crippen molar-refractivity contribution in [3.05, 3.63) is 59.1 Å². The van der Waals surface area contributed by atoms with Crippen molar-refractivity contribution in [3.63, 3.8) is 0 Å². The third-order valence-corrected chi connectivity index (χ3v) is 5.53. The summed E-state index contributed by atoms with van der Waals surface area (Å²) >= 11 is 6.23. The van der Waals surface area contributed by atoms with Crippen molar-refractivity contribution in [2.75, 3.05) is 19.6 Å². The largest absolute Gasteiger partial charge is 0.387 e. The fourth-order valence-electron chi connectivity index (χ4n) is 3.79. The summed E-state index contributed by atoms with van der Waals surface area (Å²) in [5.74, 6) is 0. The molecule has 1 atom stereocenters. The standard InChI is InChI=1S/C24H30ClNO/c1-3-5-13-26(14-6-4-2)17-24(27)23-16-18-15-19(25)11-12-20(18)21-9-7-8-10-22(21)23/h7-12,15-16,24,27H,3-6,13-14,17H2,1-2H3. The van der Waals surface area contributed by atoms with E-state index >= 15 is 0 Å². The molecule has 0 saturated carbocycles. The molecular formula is C24H30ClNO. The molecule has 3 heteroatoms. The molecule has 0 radical (unpaired) electrons. The van der Waals surface area contributed by atoms with E-state index in [0.29, 0.717) is 6.54 Å². The maximum absolute atomic E-state index is 11.1. The lowest BCUT2D eigenvalue weighted by Gasteiger charge is -2.26. The molecular weight excluding hydrogens is 354 g/mol. The van der Waals surface area contributed by atoms with Gasteiger partial charge in [0.05, 0.1) is 6.10 Å². The normalized spacial score (nSPS) is 12.9. The van der Waals surface area contributed by atoms with E-state index in [-0.39, 0.29) is 0 Å². The summed E-state index contributed by atoms with van der Waals surface area (Å²) in [6.07, 6.45) is 4.19. The van der Waals surface area contributed by atoms with Gasteiger partial charge in [0, 0.05) is 11.6 Å². The van der Waals surface area contributed by atoms with Crippen LogP contribution in [0.5, 0.6) is 0 Å². The first-order valence-corrected chi connectivity index (χ1v) is 10.5. The number of nitrogens with zero attached hydrogens (tertiary/aromatic N) is 1. The van der Waals surface area contributed by atoms with Crippen molar-refractivity contribution in [1.29, 1.82) is 0 Å². The number of aliphatic hydroxyl groups is 1. The van der Waals surface area contributed by atoms with Crippen LogP contribution in [0.4, 0.5) is 0 Å². The number of aliphatic hydroxyl groups excluding tert-OH is 1. The van der Waals surface area contributed by atoms with Gasteiger partial charge in [-0.15, -0.1) is 0 Å². The molecule has 0 heterocycles. The molecule has 0 aliphatic carbocycles. The highest BCUT2D eigenvalue weighted by Gasteiger charge is 2.17. The van der Waals surface area contributed by atoms with Crippen molar-refractivity contribution in [3.8, 4) is 0 Å². The van der Waals surface area contributed by atoms with Gasteiger partial charge in [-0.1, -0.05) is 68.6 Å². The second-order valence-electron chi connectivity index (χ2n) is 7.40. The SMILES string of the molecule is CCCCN(CCCC)CC(O)c1cc2cc(Cl)ccc2c2ccccc12. The predicted molar refractivity (Wildman–Crippen MR) is 118 cm³/mol. The van der Waals surface area contributed by atoms with Crippen LogP contribution in [-0.2, 0) is 0 Å². The Hall–Kier alpha value is -1.61. The highest BCUT2D eigenvalue weighted by Crippen LogP contribution is 2.33. The van der Waals surface area contributed by atoms with Gasteiger partial charge in [-0.3, -0.25) is 0 Å². The zero-order valence-electron chi connectivity index (χ0n) is 16.4. The van der Waals surface area contributed by atoms with Crippen LogP contribution < -0.4 is 0 Å². The number of hydrogen-bond donors (Lipinski definition) is 1. The maximum Gasteiger partial charge on any atom is 0.0923 e. The fourth-order valence-corrected chi connectivity index (χ4v) is 3.97. The second-order valence-corrected chi connectivity index (χ2v) is 7.84. The van der Waals surface area contributed by atoms with Crippen LogP contribution >= 0.6 is 11.6 Å². The number of hydrogen-bond acceptors (Lipinski definition) is 2. The average Bonchev–Trinajstić information content (AvgIpc) is 2.68. The van der Waals surface area contributed by atoms with Crippen LogP contribution in [0.25, 0.3) is 21.5 Å². The Morgan fingerprint density at radius 2 is 1.56 bits per heavy atom. The van der Waals surface area contributed by atoms with Crippen LogP contribution in [0.3, 0.4) is 0 Å². The molecule has 3 rings (SSSR count). The number of halogens is 1. The molecule has 0 saturated heterocycles. The third-order valence-electron chi connectivity index (χ3n) is 5.30. The van der Waals surface area contributed by atoms with Gasteiger partial charge in [-0.05, 0) is 71.2 Å². The van der Waals surface area contributed by atoms with Gasteiger partial charge in [-0.25, -0.2) is 0 Å². The number of fused-ring (bicyclic) bond motifs is 3. The maximum atomic E-state index is 11.1. The molecule has 27 heavy (non-hydrogen) atoms. The molecule has 1 unspecified atom stereocenters. The molecule has 1 N–H and O–H groups in total. The van der Waals surface area contributed by atoms with E-state index in [1.807, 2.05) is 18.2 Å². The van der Waals surface area contributed by atoms with E-state index in [0.717, 1.165) is 34.4 Å². The van der Waals surface area contributed by atoms with Gasteiger partial charge in [0.25, 0.3) is 0 Å². The van der Waals surface area contributed by atoms with E-state index in [4.69, 9.17) is 11.6 Å². The number of benzene rings is 3. The Balaban J connectivity index is 1.97. The molecule has 0 aliphatic heterocycles. The first-order valence-electron chi connectivity index (χ1n) is 10.1. The molecule has 0 fully saturated rings. The van der Waals surface area contributed by atoms with Crippen molar-refractivity contribution in [2.24, 2.45) is 0 Å². The summed E-state index contributed by atoms with van der Waals surface area (Å²) in [6.45, 7) is 7.20. The minimum absolute atomic E-state index is 0.507. The highest BCUT2D eigenvalue weighted by atomic mass is 35.5. The topological polar surface area (TPSA) is 23.5 Å². The monoisotopic (exact) mass is 383 g/mol. The minimum Gasteiger partial charge on any atom is -0.387 e. The molecule has 3 aromatic rings. The quantitative estimate of drug-likeness (QED) is 0.421. The van der Waals surface area contributed by atoms with Crippen LogP contribution in [-0.4, -0.2) is 29.6 Å². The first-order chi connectivity index (χ1) is 13.1. The Kier molecular flexibility index (Phi) is 7.12. The van der Waals surface area contributed by atoms with Crippen LogP contribution in [0.1, 0.15) is 51.2 Å². The molecule has 0 aromatic heterocycles. The van der Waals surface area contributed by atoms with Crippen molar-refractivity contribution < 1.29 is 5.11 Å². The van der Waals surface area contributed by atoms with E-state index in [1.165, 1.54) is 36.5 Å².